The van der Waals surface area contributed by atoms with E-state index in [2.05, 4.69) is 43.4 Å². The topological polar surface area (TPSA) is 24.9 Å². The van der Waals surface area contributed by atoms with Gasteiger partial charge in [0.15, 0.2) is 0 Å². The fourth-order valence-corrected chi connectivity index (χ4v) is 2.93. The Morgan fingerprint density at radius 3 is 2.65 bits per heavy atom. The highest BCUT2D eigenvalue weighted by atomic mass is 32.1. The summed E-state index contributed by atoms with van der Waals surface area (Å²) in [6.45, 7) is 10.1. The van der Waals surface area contributed by atoms with Gasteiger partial charge in [-0.15, -0.1) is 11.3 Å². The molecule has 17 heavy (non-hydrogen) atoms. The van der Waals surface area contributed by atoms with Crippen LogP contribution in [0.5, 0.6) is 0 Å². The number of rotatable bonds is 8. The SMILES string of the molecule is CCCNC(Cc1nc(CC)cs1)CC(C)C. The van der Waals surface area contributed by atoms with Gasteiger partial charge in [-0.3, -0.25) is 0 Å². The van der Waals surface area contributed by atoms with Gasteiger partial charge in [0, 0.05) is 17.8 Å². The van der Waals surface area contributed by atoms with E-state index in [0.717, 1.165) is 25.3 Å². The lowest BCUT2D eigenvalue weighted by Crippen LogP contribution is -2.33. The number of aromatic nitrogens is 1. The monoisotopic (exact) mass is 254 g/mol. The van der Waals surface area contributed by atoms with Gasteiger partial charge >= 0.3 is 0 Å². The standard InChI is InChI=1S/C14H26N2S/c1-5-7-15-13(8-11(3)4)9-14-16-12(6-2)10-17-14/h10-11,13,15H,5-9H2,1-4H3. The summed E-state index contributed by atoms with van der Waals surface area (Å²) in [7, 11) is 0. The van der Waals surface area contributed by atoms with Crippen LogP contribution in [0.15, 0.2) is 5.38 Å². The van der Waals surface area contributed by atoms with Crippen molar-refractivity contribution in [2.45, 2.75) is 59.4 Å². The van der Waals surface area contributed by atoms with E-state index < -0.39 is 0 Å². The van der Waals surface area contributed by atoms with Crippen molar-refractivity contribution in [3.63, 3.8) is 0 Å². The van der Waals surface area contributed by atoms with E-state index in [1.165, 1.54) is 23.5 Å². The first-order valence-corrected chi connectivity index (χ1v) is 7.70. The maximum atomic E-state index is 4.66. The smallest absolute Gasteiger partial charge is 0.0943 e. The Morgan fingerprint density at radius 1 is 1.35 bits per heavy atom. The van der Waals surface area contributed by atoms with Gasteiger partial charge in [-0.2, -0.15) is 0 Å². The van der Waals surface area contributed by atoms with Crippen LogP contribution in [0, 0.1) is 5.92 Å². The first-order valence-electron chi connectivity index (χ1n) is 6.82. The van der Waals surface area contributed by atoms with E-state index >= 15 is 0 Å². The van der Waals surface area contributed by atoms with E-state index in [0.29, 0.717) is 6.04 Å². The molecule has 1 N–H and O–H groups in total. The number of thiazole rings is 1. The molecule has 0 aliphatic carbocycles. The molecule has 1 aromatic rings. The van der Waals surface area contributed by atoms with Crippen LogP contribution < -0.4 is 5.32 Å². The second-order valence-corrected chi connectivity index (χ2v) is 6.01. The van der Waals surface area contributed by atoms with Crippen molar-refractivity contribution >= 4 is 11.3 Å². The molecule has 1 unspecified atom stereocenters. The summed E-state index contributed by atoms with van der Waals surface area (Å²) in [6.07, 6.45) is 4.57. The Hall–Kier alpha value is -0.410. The molecule has 1 atom stereocenters. The Labute approximate surface area is 110 Å². The average Bonchev–Trinajstić information content (AvgIpc) is 2.73. The summed E-state index contributed by atoms with van der Waals surface area (Å²) < 4.78 is 0. The van der Waals surface area contributed by atoms with E-state index in [1.54, 1.807) is 0 Å². The van der Waals surface area contributed by atoms with Crippen LogP contribution in [0.2, 0.25) is 0 Å². The van der Waals surface area contributed by atoms with Crippen LogP contribution in [-0.2, 0) is 12.8 Å². The zero-order valence-corrected chi connectivity index (χ0v) is 12.4. The zero-order valence-electron chi connectivity index (χ0n) is 11.6. The molecule has 0 spiro atoms. The molecule has 0 amide bonds. The molecule has 0 aromatic carbocycles. The fourth-order valence-electron chi connectivity index (χ4n) is 1.97. The van der Waals surface area contributed by atoms with Crippen LogP contribution >= 0.6 is 11.3 Å². The van der Waals surface area contributed by atoms with Crippen molar-refractivity contribution in [2.75, 3.05) is 6.54 Å². The van der Waals surface area contributed by atoms with Crippen LogP contribution in [0.3, 0.4) is 0 Å². The van der Waals surface area contributed by atoms with Crippen molar-refractivity contribution in [1.29, 1.82) is 0 Å². The van der Waals surface area contributed by atoms with Gasteiger partial charge in [0.1, 0.15) is 0 Å². The van der Waals surface area contributed by atoms with E-state index in [4.69, 9.17) is 0 Å². The molecule has 98 valence electrons. The van der Waals surface area contributed by atoms with E-state index in [1.807, 2.05) is 11.3 Å². The average molecular weight is 254 g/mol. The fraction of sp³-hybridized carbons (Fsp3) is 0.786. The molecule has 0 bridgehead atoms. The molecule has 3 heteroatoms. The summed E-state index contributed by atoms with van der Waals surface area (Å²) in [5.41, 5.74) is 1.24. The lowest BCUT2D eigenvalue weighted by Gasteiger charge is -2.19. The predicted molar refractivity (Wildman–Crippen MR) is 76.7 cm³/mol. The molecule has 1 heterocycles. The van der Waals surface area contributed by atoms with Gasteiger partial charge in [-0.05, 0) is 31.7 Å². The molecule has 1 aromatic heterocycles. The Bertz CT molecular complexity index is 307. The minimum absolute atomic E-state index is 0.589. The van der Waals surface area contributed by atoms with Gasteiger partial charge in [0.05, 0.1) is 10.7 Å². The third-order valence-corrected chi connectivity index (χ3v) is 3.74. The van der Waals surface area contributed by atoms with Crippen LogP contribution in [0.25, 0.3) is 0 Å². The minimum Gasteiger partial charge on any atom is -0.314 e. The summed E-state index contributed by atoms with van der Waals surface area (Å²) in [6, 6.07) is 0.589. The maximum absolute atomic E-state index is 4.66. The van der Waals surface area contributed by atoms with Gasteiger partial charge in [0.25, 0.3) is 0 Å². The third kappa shape index (κ3) is 5.64. The van der Waals surface area contributed by atoms with Crippen molar-refractivity contribution < 1.29 is 0 Å². The number of nitrogens with one attached hydrogen (secondary N) is 1. The number of nitrogens with zero attached hydrogens (tertiary/aromatic N) is 1. The first kappa shape index (κ1) is 14.7. The molecule has 0 fully saturated rings. The predicted octanol–water partition coefficient (Wildman–Crippen LogP) is 3.66. The summed E-state index contributed by atoms with van der Waals surface area (Å²) in [4.78, 5) is 4.66. The molecule has 0 aliphatic rings. The molecular formula is C14H26N2S. The normalized spacial score (nSPS) is 13.2. The molecule has 2 nitrogen and oxygen atoms in total. The molecule has 0 radical (unpaired) electrons. The Balaban J connectivity index is 2.51. The number of hydrogen-bond acceptors (Lipinski definition) is 3. The number of hydrogen-bond donors (Lipinski definition) is 1. The van der Waals surface area contributed by atoms with E-state index in [9.17, 15) is 0 Å². The highest BCUT2D eigenvalue weighted by Gasteiger charge is 2.13. The summed E-state index contributed by atoms with van der Waals surface area (Å²) in [5.74, 6) is 0.745. The molecule has 0 saturated carbocycles. The van der Waals surface area contributed by atoms with Crippen LogP contribution in [0.4, 0.5) is 0 Å². The number of aryl methyl sites for hydroxylation is 1. The third-order valence-electron chi connectivity index (χ3n) is 2.82. The Kier molecular flexibility index (Phi) is 6.75. The first-order chi connectivity index (χ1) is 8.15. The summed E-state index contributed by atoms with van der Waals surface area (Å²) >= 11 is 1.81. The molecule has 0 saturated heterocycles. The second-order valence-electron chi connectivity index (χ2n) is 5.07. The van der Waals surface area contributed by atoms with E-state index in [-0.39, 0.29) is 0 Å². The highest BCUT2D eigenvalue weighted by Crippen LogP contribution is 2.15. The largest absolute Gasteiger partial charge is 0.314 e. The maximum Gasteiger partial charge on any atom is 0.0943 e. The van der Waals surface area contributed by atoms with Gasteiger partial charge < -0.3 is 5.32 Å². The highest BCUT2D eigenvalue weighted by molar-refractivity contribution is 7.09. The molecule has 0 aliphatic heterocycles. The zero-order chi connectivity index (χ0) is 12.7. The van der Waals surface area contributed by atoms with Crippen molar-refractivity contribution in [1.82, 2.24) is 10.3 Å². The van der Waals surface area contributed by atoms with Gasteiger partial charge in [-0.25, -0.2) is 4.98 Å². The van der Waals surface area contributed by atoms with Crippen molar-refractivity contribution in [2.24, 2.45) is 5.92 Å². The van der Waals surface area contributed by atoms with Crippen molar-refractivity contribution in [3.8, 4) is 0 Å². The van der Waals surface area contributed by atoms with Gasteiger partial charge in [-0.1, -0.05) is 27.7 Å². The summed E-state index contributed by atoms with van der Waals surface area (Å²) in [5, 5.41) is 7.13. The minimum atomic E-state index is 0.589. The van der Waals surface area contributed by atoms with Gasteiger partial charge in [0.2, 0.25) is 0 Å². The quantitative estimate of drug-likeness (QED) is 0.766. The van der Waals surface area contributed by atoms with Crippen LogP contribution in [0.1, 0.15) is 51.2 Å². The van der Waals surface area contributed by atoms with Crippen LogP contribution in [-0.4, -0.2) is 17.6 Å². The molecule has 1 rings (SSSR count). The molecular weight excluding hydrogens is 228 g/mol. The lowest BCUT2D eigenvalue weighted by atomic mass is 10.0. The van der Waals surface area contributed by atoms with Crippen molar-refractivity contribution in [3.05, 3.63) is 16.1 Å². The second kappa shape index (κ2) is 7.83. The lowest BCUT2D eigenvalue weighted by molar-refractivity contribution is 0.415. The Morgan fingerprint density at radius 2 is 2.12 bits per heavy atom.